The van der Waals surface area contributed by atoms with Crippen LogP contribution in [0.15, 0.2) is 36.7 Å². The molecule has 8 heteroatoms. The first kappa shape index (κ1) is 14.1. The first-order chi connectivity index (χ1) is 10.6. The molecule has 1 amide bonds. The Morgan fingerprint density at radius 2 is 2.23 bits per heavy atom. The highest BCUT2D eigenvalue weighted by Gasteiger charge is 2.18. The normalized spacial score (nSPS) is 13.5. The summed E-state index contributed by atoms with van der Waals surface area (Å²) in [6.07, 6.45) is 4.33. The number of anilines is 1. The fraction of sp³-hybridized carbons (Fsp3) is 0.286. The van der Waals surface area contributed by atoms with E-state index in [9.17, 15) is 14.9 Å². The molecule has 1 aliphatic rings. The zero-order valence-corrected chi connectivity index (χ0v) is 11.8. The second kappa shape index (κ2) is 5.84. The number of rotatable bonds is 4. The van der Waals surface area contributed by atoms with Crippen molar-refractivity contribution in [3.63, 3.8) is 0 Å². The Hall–Kier alpha value is -2.90. The Morgan fingerprint density at radius 1 is 1.41 bits per heavy atom. The van der Waals surface area contributed by atoms with E-state index in [0.29, 0.717) is 0 Å². The highest BCUT2D eigenvalue weighted by atomic mass is 16.6. The second-order valence-electron chi connectivity index (χ2n) is 5.07. The van der Waals surface area contributed by atoms with Crippen molar-refractivity contribution >= 4 is 17.3 Å². The van der Waals surface area contributed by atoms with Gasteiger partial charge in [0.1, 0.15) is 18.9 Å². The molecule has 8 nitrogen and oxygen atoms in total. The number of aryl methyl sites for hydroxylation is 1. The van der Waals surface area contributed by atoms with Crippen molar-refractivity contribution in [3.05, 3.63) is 52.3 Å². The number of aromatic nitrogens is 2. The highest BCUT2D eigenvalue weighted by Crippen LogP contribution is 2.24. The molecule has 22 heavy (non-hydrogen) atoms. The number of amides is 1. The smallest absolute Gasteiger partial charge is 0.285 e. The van der Waals surface area contributed by atoms with Gasteiger partial charge in [-0.2, -0.15) is 5.10 Å². The van der Waals surface area contributed by atoms with Crippen LogP contribution in [-0.2, 0) is 17.8 Å². The molecule has 0 spiro atoms. The maximum absolute atomic E-state index is 12.1. The Morgan fingerprint density at radius 3 is 3.00 bits per heavy atom. The van der Waals surface area contributed by atoms with Crippen LogP contribution in [0.2, 0.25) is 0 Å². The Labute approximate surface area is 126 Å². The molecule has 1 N–H and O–H groups in total. The average molecular weight is 301 g/mol. The molecule has 1 aliphatic heterocycles. The maximum atomic E-state index is 12.1. The van der Waals surface area contributed by atoms with E-state index in [0.717, 1.165) is 31.3 Å². The monoisotopic (exact) mass is 301 g/mol. The van der Waals surface area contributed by atoms with Crippen LogP contribution in [0.5, 0.6) is 0 Å². The maximum Gasteiger partial charge on any atom is 0.307 e. The molecular formula is C14H15N5O3. The molecule has 1 aromatic heterocycles. The van der Waals surface area contributed by atoms with Gasteiger partial charge < -0.3 is 0 Å². The molecule has 2 aromatic rings. The lowest BCUT2D eigenvalue weighted by molar-refractivity contribution is -0.385. The van der Waals surface area contributed by atoms with Crippen LogP contribution in [0.1, 0.15) is 12.0 Å². The molecule has 3 rings (SSSR count). The molecule has 2 heterocycles. The molecule has 0 atom stereocenters. The van der Waals surface area contributed by atoms with Crippen molar-refractivity contribution in [2.75, 3.05) is 11.6 Å². The topological polar surface area (TPSA) is 93.3 Å². The molecular weight excluding hydrogens is 286 g/mol. The molecule has 0 saturated carbocycles. The van der Waals surface area contributed by atoms with Crippen LogP contribution >= 0.6 is 0 Å². The third-order valence-corrected chi connectivity index (χ3v) is 3.51. The van der Waals surface area contributed by atoms with Gasteiger partial charge in [-0.05, 0) is 24.5 Å². The quantitative estimate of drug-likeness (QED) is 0.678. The van der Waals surface area contributed by atoms with Gasteiger partial charge >= 0.3 is 5.69 Å². The van der Waals surface area contributed by atoms with Gasteiger partial charge in [-0.1, -0.05) is 18.2 Å². The third-order valence-electron chi connectivity index (χ3n) is 3.51. The number of para-hydroxylation sites is 1. The van der Waals surface area contributed by atoms with Gasteiger partial charge in [-0.25, -0.2) is 0 Å². The minimum Gasteiger partial charge on any atom is -0.285 e. The third kappa shape index (κ3) is 2.90. The van der Waals surface area contributed by atoms with E-state index in [-0.39, 0.29) is 18.1 Å². The zero-order valence-electron chi connectivity index (χ0n) is 11.8. The van der Waals surface area contributed by atoms with Crippen molar-refractivity contribution in [1.82, 2.24) is 15.2 Å². The molecule has 0 radical (unpaired) electrons. The van der Waals surface area contributed by atoms with Crippen molar-refractivity contribution in [3.8, 4) is 0 Å². The Kier molecular flexibility index (Phi) is 3.73. The molecule has 0 aliphatic carbocycles. The lowest BCUT2D eigenvalue weighted by Gasteiger charge is -2.31. The summed E-state index contributed by atoms with van der Waals surface area (Å²) in [4.78, 5) is 22.1. The van der Waals surface area contributed by atoms with Crippen molar-refractivity contribution < 1.29 is 9.72 Å². The molecule has 0 bridgehead atoms. The molecule has 0 unspecified atom stereocenters. The molecule has 1 aromatic carbocycles. The van der Waals surface area contributed by atoms with E-state index in [4.69, 9.17) is 0 Å². The average Bonchev–Trinajstić information content (AvgIpc) is 2.96. The summed E-state index contributed by atoms with van der Waals surface area (Å²) in [5, 5.41) is 16.2. The largest absolute Gasteiger partial charge is 0.307 e. The van der Waals surface area contributed by atoms with E-state index < -0.39 is 4.92 Å². The second-order valence-corrected chi connectivity index (χ2v) is 5.07. The van der Waals surface area contributed by atoms with Gasteiger partial charge in [0.15, 0.2) is 0 Å². The van der Waals surface area contributed by atoms with E-state index >= 15 is 0 Å². The van der Waals surface area contributed by atoms with Crippen molar-refractivity contribution in [1.29, 1.82) is 0 Å². The van der Waals surface area contributed by atoms with Crippen LogP contribution in [-0.4, -0.2) is 27.2 Å². The number of nitrogens with zero attached hydrogens (tertiary/aromatic N) is 4. The van der Waals surface area contributed by atoms with Gasteiger partial charge in [-0.15, -0.1) is 0 Å². The number of carbonyl (C=O) groups is 1. The predicted octanol–water partition coefficient (Wildman–Crippen LogP) is 1.28. The standard InChI is InChI=1S/C14H15N5O3/c20-14(10-17-9-12(8-15-17)19(21)22)16-18-7-3-5-11-4-1-2-6-13(11)18/h1-2,4,6,8-9H,3,5,7,10H2,(H,16,20). The summed E-state index contributed by atoms with van der Waals surface area (Å²) in [6.45, 7) is 0.675. The lowest BCUT2D eigenvalue weighted by Crippen LogP contribution is -2.46. The Bertz CT molecular complexity index is 712. The number of fused-ring (bicyclic) bond motifs is 1. The lowest BCUT2D eigenvalue weighted by atomic mass is 10.0. The van der Waals surface area contributed by atoms with Crippen LogP contribution in [0.3, 0.4) is 0 Å². The van der Waals surface area contributed by atoms with Gasteiger partial charge in [0.25, 0.3) is 5.91 Å². The van der Waals surface area contributed by atoms with Crippen molar-refractivity contribution in [2.24, 2.45) is 0 Å². The molecule has 114 valence electrons. The molecule has 0 fully saturated rings. The number of hydrogen-bond acceptors (Lipinski definition) is 5. The summed E-state index contributed by atoms with van der Waals surface area (Å²) in [7, 11) is 0. The summed E-state index contributed by atoms with van der Waals surface area (Å²) < 4.78 is 1.25. The van der Waals surface area contributed by atoms with Crippen LogP contribution in [0.25, 0.3) is 0 Å². The molecule has 0 saturated heterocycles. The van der Waals surface area contributed by atoms with Crippen molar-refractivity contribution in [2.45, 2.75) is 19.4 Å². The van der Waals surface area contributed by atoms with Crippen LogP contribution in [0, 0.1) is 10.1 Å². The van der Waals surface area contributed by atoms with Gasteiger partial charge in [-0.3, -0.25) is 30.0 Å². The number of hydrogen-bond donors (Lipinski definition) is 1. The number of nitrogens with one attached hydrogen (secondary N) is 1. The summed E-state index contributed by atoms with van der Waals surface area (Å²) in [5.41, 5.74) is 4.89. The minimum absolute atomic E-state index is 0.0630. The fourth-order valence-corrected chi connectivity index (χ4v) is 2.52. The zero-order chi connectivity index (χ0) is 15.5. The number of hydrazine groups is 1. The predicted molar refractivity (Wildman–Crippen MR) is 79.1 cm³/mol. The first-order valence-electron chi connectivity index (χ1n) is 6.95. The minimum atomic E-state index is -0.539. The van der Waals surface area contributed by atoms with E-state index in [1.54, 1.807) is 0 Å². The fourth-order valence-electron chi connectivity index (χ4n) is 2.52. The number of benzene rings is 1. The van der Waals surface area contributed by atoms with Crippen LogP contribution < -0.4 is 10.4 Å². The summed E-state index contributed by atoms with van der Waals surface area (Å²) in [5.74, 6) is -0.269. The Balaban J connectivity index is 1.66. The van der Waals surface area contributed by atoms with Gasteiger partial charge in [0.2, 0.25) is 0 Å². The summed E-state index contributed by atoms with van der Waals surface area (Å²) in [6, 6.07) is 7.92. The van der Waals surface area contributed by atoms with Gasteiger partial charge in [0.05, 0.1) is 10.6 Å². The van der Waals surface area contributed by atoms with E-state index in [1.165, 1.54) is 16.4 Å². The number of nitro groups is 1. The van der Waals surface area contributed by atoms with E-state index in [1.807, 2.05) is 29.3 Å². The highest BCUT2D eigenvalue weighted by molar-refractivity contribution is 5.78. The SMILES string of the molecule is O=C(Cn1cc([N+](=O)[O-])cn1)NN1CCCc2ccccc21. The van der Waals surface area contributed by atoms with Gasteiger partial charge in [0, 0.05) is 6.54 Å². The summed E-state index contributed by atoms with van der Waals surface area (Å²) >= 11 is 0. The number of carbonyl (C=O) groups excluding carboxylic acids is 1. The van der Waals surface area contributed by atoms with E-state index in [2.05, 4.69) is 10.5 Å². The van der Waals surface area contributed by atoms with Crippen LogP contribution in [0.4, 0.5) is 11.4 Å². The first-order valence-corrected chi connectivity index (χ1v) is 6.95.